The van der Waals surface area contributed by atoms with Gasteiger partial charge in [0.05, 0.1) is 7.11 Å². The van der Waals surface area contributed by atoms with Gasteiger partial charge in [0.15, 0.2) is 0 Å². The van der Waals surface area contributed by atoms with Crippen molar-refractivity contribution in [3.8, 4) is 17.6 Å². The van der Waals surface area contributed by atoms with Crippen LogP contribution in [0, 0.1) is 17.8 Å². The van der Waals surface area contributed by atoms with Gasteiger partial charge in [-0.1, -0.05) is 25.7 Å². The number of hydrogen-bond acceptors (Lipinski definition) is 3. The van der Waals surface area contributed by atoms with Crippen molar-refractivity contribution in [2.24, 2.45) is 5.92 Å². The second-order valence-corrected chi connectivity index (χ2v) is 5.82. The number of rotatable bonds is 6. The first-order chi connectivity index (χ1) is 9.17. The largest absolute Gasteiger partial charge is 0.497 e. The van der Waals surface area contributed by atoms with Gasteiger partial charge in [0.25, 0.3) is 0 Å². The molecule has 0 aliphatic rings. The van der Waals surface area contributed by atoms with Gasteiger partial charge in [0, 0.05) is 11.3 Å². The molecule has 0 unspecified atom stereocenters. The molecule has 0 spiro atoms. The molecule has 0 aliphatic heterocycles. The number of thioether (sulfide) groups is 1. The first kappa shape index (κ1) is 15.9. The van der Waals surface area contributed by atoms with Crippen molar-refractivity contribution < 1.29 is 9.84 Å². The quantitative estimate of drug-likeness (QED) is 0.639. The lowest BCUT2D eigenvalue weighted by atomic mass is 10.1. The third-order valence-electron chi connectivity index (χ3n) is 2.71. The number of methoxy groups -OCH3 is 1. The highest BCUT2D eigenvalue weighted by atomic mass is 32.2. The van der Waals surface area contributed by atoms with E-state index in [2.05, 4.69) is 25.7 Å². The summed E-state index contributed by atoms with van der Waals surface area (Å²) in [5.74, 6) is 9.38. The lowest BCUT2D eigenvalue weighted by Gasteiger charge is -2.08. The lowest BCUT2D eigenvalue weighted by molar-refractivity contribution is 0.350. The van der Waals surface area contributed by atoms with E-state index >= 15 is 0 Å². The predicted octanol–water partition coefficient (Wildman–Crippen LogP) is 3.32. The Labute approximate surface area is 120 Å². The molecule has 0 aromatic heterocycles. The normalized spacial score (nSPS) is 10.2. The highest BCUT2D eigenvalue weighted by Gasteiger charge is 2.03. The Hall–Kier alpha value is -1.11. The molecule has 0 aliphatic carbocycles. The number of benzene rings is 1. The van der Waals surface area contributed by atoms with Crippen molar-refractivity contribution in [3.05, 3.63) is 29.3 Å². The van der Waals surface area contributed by atoms with Gasteiger partial charge in [-0.05, 0) is 41.9 Å². The Bertz CT molecular complexity index is 444. The van der Waals surface area contributed by atoms with Gasteiger partial charge in [0.1, 0.15) is 12.4 Å². The maximum Gasteiger partial charge on any atom is 0.119 e. The van der Waals surface area contributed by atoms with Gasteiger partial charge in [-0.3, -0.25) is 0 Å². The minimum Gasteiger partial charge on any atom is -0.497 e. The van der Waals surface area contributed by atoms with E-state index < -0.39 is 0 Å². The molecule has 0 bridgehead atoms. The van der Waals surface area contributed by atoms with E-state index in [1.807, 2.05) is 30.0 Å². The van der Waals surface area contributed by atoms with E-state index in [1.54, 1.807) is 7.11 Å². The minimum atomic E-state index is -0.105. The fourth-order valence-electron chi connectivity index (χ4n) is 1.57. The van der Waals surface area contributed by atoms with Crippen LogP contribution < -0.4 is 4.74 Å². The number of aliphatic hydroxyl groups is 1. The van der Waals surface area contributed by atoms with Crippen molar-refractivity contribution in [3.63, 3.8) is 0 Å². The molecule has 1 aromatic rings. The molecule has 2 nitrogen and oxygen atoms in total. The van der Waals surface area contributed by atoms with Crippen molar-refractivity contribution in [2.45, 2.75) is 26.0 Å². The molecule has 0 amide bonds. The van der Waals surface area contributed by atoms with Crippen molar-refractivity contribution in [1.29, 1.82) is 0 Å². The zero-order valence-corrected chi connectivity index (χ0v) is 12.7. The molecular formula is C16H22O2S. The molecule has 104 valence electrons. The molecule has 0 saturated heterocycles. The Morgan fingerprint density at radius 3 is 2.79 bits per heavy atom. The highest BCUT2D eigenvalue weighted by Crippen LogP contribution is 2.22. The van der Waals surface area contributed by atoms with Crippen LogP contribution in [0.15, 0.2) is 18.2 Å². The molecule has 0 radical (unpaired) electrons. The maximum absolute atomic E-state index is 8.79. The third-order valence-corrected chi connectivity index (χ3v) is 3.75. The molecule has 1 N–H and O–H groups in total. The monoisotopic (exact) mass is 278 g/mol. The van der Waals surface area contributed by atoms with Crippen LogP contribution in [0.3, 0.4) is 0 Å². The van der Waals surface area contributed by atoms with E-state index in [-0.39, 0.29) is 6.61 Å². The molecule has 1 rings (SSSR count). The average molecular weight is 278 g/mol. The Balaban J connectivity index is 2.71. The predicted molar refractivity (Wildman–Crippen MR) is 82.6 cm³/mol. The van der Waals surface area contributed by atoms with Crippen molar-refractivity contribution >= 4 is 11.8 Å². The molecule has 0 saturated carbocycles. The standard InChI is InChI=1S/C16H22O2S/c1-13(2)8-10-19-12-15-11-16(18-3)7-6-14(15)5-4-9-17/h6-7,11,13,17H,8-10,12H2,1-3H3. The van der Waals surface area contributed by atoms with E-state index in [4.69, 9.17) is 9.84 Å². The third kappa shape index (κ3) is 6.04. The molecule has 0 heterocycles. The summed E-state index contributed by atoms with van der Waals surface area (Å²) in [5, 5.41) is 8.79. The maximum atomic E-state index is 8.79. The Morgan fingerprint density at radius 1 is 1.37 bits per heavy atom. The molecule has 1 aromatic carbocycles. The van der Waals surface area contributed by atoms with Gasteiger partial charge in [-0.15, -0.1) is 0 Å². The van der Waals surface area contributed by atoms with Crippen LogP contribution in [0.5, 0.6) is 5.75 Å². The Kier molecular flexibility index (Phi) is 7.47. The van der Waals surface area contributed by atoms with E-state index in [9.17, 15) is 0 Å². The fraction of sp³-hybridized carbons (Fsp3) is 0.500. The zero-order valence-electron chi connectivity index (χ0n) is 11.9. The zero-order chi connectivity index (χ0) is 14.1. The topological polar surface area (TPSA) is 29.5 Å². The first-order valence-corrected chi connectivity index (χ1v) is 7.67. The Morgan fingerprint density at radius 2 is 2.16 bits per heavy atom. The fourth-order valence-corrected chi connectivity index (χ4v) is 2.82. The van der Waals surface area contributed by atoms with Crippen molar-refractivity contribution in [1.82, 2.24) is 0 Å². The highest BCUT2D eigenvalue weighted by molar-refractivity contribution is 7.98. The summed E-state index contributed by atoms with van der Waals surface area (Å²) in [5.41, 5.74) is 2.15. The summed E-state index contributed by atoms with van der Waals surface area (Å²) in [6.45, 7) is 4.38. The van der Waals surface area contributed by atoms with E-state index in [0.717, 1.165) is 28.7 Å². The van der Waals surface area contributed by atoms with E-state index in [0.29, 0.717) is 0 Å². The lowest BCUT2D eigenvalue weighted by Crippen LogP contribution is -1.94. The SMILES string of the molecule is COc1ccc(C#CCO)c(CSCCC(C)C)c1. The van der Waals surface area contributed by atoms with Crippen LogP contribution in [0.1, 0.15) is 31.4 Å². The second kappa shape index (κ2) is 8.90. The van der Waals surface area contributed by atoms with Gasteiger partial charge in [-0.2, -0.15) is 11.8 Å². The first-order valence-electron chi connectivity index (χ1n) is 6.51. The summed E-state index contributed by atoms with van der Waals surface area (Å²) in [6.07, 6.45) is 1.23. The van der Waals surface area contributed by atoms with Crippen LogP contribution in [0.25, 0.3) is 0 Å². The number of hydrogen-bond donors (Lipinski definition) is 1. The summed E-state index contributed by atoms with van der Waals surface area (Å²) in [4.78, 5) is 0. The molecular weight excluding hydrogens is 256 g/mol. The molecule has 0 atom stereocenters. The summed E-state index contributed by atoms with van der Waals surface area (Å²) in [7, 11) is 1.67. The number of ether oxygens (including phenoxy) is 1. The van der Waals surface area contributed by atoms with Crippen LogP contribution >= 0.6 is 11.8 Å². The smallest absolute Gasteiger partial charge is 0.119 e. The second-order valence-electron chi connectivity index (χ2n) is 4.72. The number of aliphatic hydroxyl groups excluding tert-OH is 1. The average Bonchev–Trinajstić information content (AvgIpc) is 2.41. The van der Waals surface area contributed by atoms with E-state index in [1.165, 1.54) is 12.0 Å². The van der Waals surface area contributed by atoms with Crippen LogP contribution in [0.2, 0.25) is 0 Å². The van der Waals surface area contributed by atoms with Crippen molar-refractivity contribution in [2.75, 3.05) is 19.5 Å². The van der Waals surface area contributed by atoms with Crippen LogP contribution in [-0.2, 0) is 5.75 Å². The van der Waals surface area contributed by atoms with Gasteiger partial charge in [-0.25, -0.2) is 0 Å². The van der Waals surface area contributed by atoms with Gasteiger partial charge in [0.2, 0.25) is 0 Å². The van der Waals surface area contributed by atoms with Crippen LogP contribution in [0.4, 0.5) is 0 Å². The summed E-state index contributed by atoms with van der Waals surface area (Å²) in [6, 6.07) is 5.90. The summed E-state index contributed by atoms with van der Waals surface area (Å²) >= 11 is 1.92. The van der Waals surface area contributed by atoms with Crippen LogP contribution in [-0.4, -0.2) is 24.6 Å². The van der Waals surface area contributed by atoms with Gasteiger partial charge >= 0.3 is 0 Å². The molecule has 19 heavy (non-hydrogen) atoms. The molecule has 3 heteroatoms. The minimum absolute atomic E-state index is 0.105. The summed E-state index contributed by atoms with van der Waals surface area (Å²) < 4.78 is 5.25. The van der Waals surface area contributed by atoms with Gasteiger partial charge < -0.3 is 9.84 Å². The molecule has 0 fully saturated rings.